The largest absolute Gasteiger partial charge is 0.504 e. The van der Waals surface area contributed by atoms with Crippen molar-refractivity contribution in [1.29, 1.82) is 0 Å². The first-order valence-electron chi connectivity index (χ1n) is 11.4. The van der Waals surface area contributed by atoms with Gasteiger partial charge < -0.3 is 30.1 Å². The van der Waals surface area contributed by atoms with Crippen LogP contribution in [0.3, 0.4) is 0 Å². The highest BCUT2D eigenvalue weighted by atomic mass is 79.9. The highest BCUT2D eigenvalue weighted by Gasteiger charge is 2.25. The topological polar surface area (TPSA) is 106 Å². The van der Waals surface area contributed by atoms with Gasteiger partial charge in [-0.05, 0) is 47.0 Å². The number of hydrogen-bond donors (Lipinski definition) is 5. The van der Waals surface area contributed by atoms with E-state index in [0.717, 1.165) is 43.1 Å². The second-order valence-corrected chi connectivity index (χ2v) is 9.59. The number of para-hydroxylation sites is 1. The standard InChI is InChI=1S/C30H20BrNO5/c31-22-10-3-1-8-19(22)16-6-5-7-18(14-16)32-23-11-4-2-9-20(23)21-13-12-17(15-24(21)32)25-26(33)28(35)30(37)29(36)27(25)34/h1-15,33-37H. The number of phenols is 5. The summed E-state index contributed by atoms with van der Waals surface area (Å²) in [6.45, 7) is 0. The first kappa shape index (κ1) is 22.8. The number of phenolic OH excluding ortho intramolecular Hbond substituents is 5. The molecule has 0 saturated heterocycles. The van der Waals surface area contributed by atoms with Crippen LogP contribution in [0.15, 0.2) is 95.5 Å². The summed E-state index contributed by atoms with van der Waals surface area (Å²) in [7, 11) is 0. The van der Waals surface area contributed by atoms with Crippen molar-refractivity contribution in [3.8, 4) is 56.7 Å². The molecule has 5 aromatic carbocycles. The number of halogens is 1. The van der Waals surface area contributed by atoms with Gasteiger partial charge in [-0.3, -0.25) is 0 Å². The van der Waals surface area contributed by atoms with Crippen molar-refractivity contribution in [3.63, 3.8) is 0 Å². The molecule has 0 spiro atoms. The van der Waals surface area contributed by atoms with Crippen molar-refractivity contribution >= 4 is 37.7 Å². The second-order valence-electron chi connectivity index (χ2n) is 8.73. The van der Waals surface area contributed by atoms with E-state index < -0.39 is 28.7 Å². The maximum absolute atomic E-state index is 10.5. The van der Waals surface area contributed by atoms with Gasteiger partial charge in [0, 0.05) is 20.9 Å². The van der Waals surface area contributed by atoms with E-state index in [4.69, 9.17) is 0 Å². The molecule has 6 aromatic rings. The predicted octanol–water partition coefficient (Wildman–Crippen LogP) is 7.41. The van der Waals surface area contributed by atoms with Gasteiger partial charge in [0.25, 0.3) is 0 Å². The molecule has 37 heavy (non-hydrogen) atoms. The SMILES string of the molecule is Oc1c(O)c(O)c(-c2ccc3c4ccccc4n(-c4cccc(-c5ccccc5Br)c4)c3c2)c(O)c1O. The van der Waals surface area contributed by atoms with Gasteiger partial charge in [-0.25, -0.2) is 0 Å². The smallest absolute Gasteiger partial charge is 0.208 e. The van der Waals surface area contributed by atoms with Gasteiger partial charge in [0.1, 0.15) is 0 Å². The molecule has 0 fully saturated rings. The highest BCUT2D eigenvalue weighted by Crippen LogP contribution is 2.55. The third-order valence-corrected chi connectivity index (χ3v) is 7.31. The lowest BCUT2D eigenvalue weighted by Gasteiger charge is -2.14. The fraction of sp³-hybridized carbons (Fsp3) is 0. The van der Waals surface area contributed by atoms with Crippen LogP contribution in [-0.2, 0) is 0 Å². The van der Waals surface area contributed by atoms with Crippen molar-refractivity contribution in [3.05, 3.63) is 95.5 Å². The molecule has 0 bridgehead atoms. The normalized spacial score (nSPS) is 11.4. The minimum atomic E-state index is -0.988. The van der Waals surface area contributed by atoms with Crippen LogP contribution in [0.4, 0.5) is 0 Å². The molecule has 0 unspecified atom stereocenters. The summed E-state index contributed by atoms with van der Waals surface area (Å²) in [6.07, 6.45) is 0. The zero-order chi connectivity index (χ0) is 25.8. The monoisotopic (exact) mass is 553 g/mol. The van der Waals surface area contributed by atoms with E-state index in [1.807, 2.05) is 72.8 Å². The van der Waals surface area contributed by atoms with E-state index in [1.54, 1.807) is 12.1 Å². The molecule has 6 nitrogen and oxygen atoms in total. The quantitative estimate of drug-likeness (QED) is 0.116. The van der Waals surface area contributed by atoms with Crippen LogP contribution in [0.25, 0.3) is 49.7 Å². The predicted molar refractivity (Wildman–Crippen MR) is 148 cm³/mol. The number of hydrogen-bond acceptors (Lipinski definition) is 5. The molecule has 0 aliphatic heterocycles. The van der Waals surface area contributed by atoms with E-state index >= 15 is 0 Å². The van der Waals surface area contributed by atoms with Gasteiger partial charge in [0.05, 0.1) is 16.6 Å². The minimum Gasteiger partial charge on any atom is -0.504 e. The maximum atomic E-state index is 10.5. The lowest BCUT2D eigenvalue weighted by Crippen LogP contribution is -1.95. The van der Waals surface area contributed by atoms with Crippen molar-refractivity contribution in [2.45, 2.75) is 0 Å². The molecule has 7 heteroatoms. The van der Waals surface area contributed by atoms with Crippen LogP contribution in [0.1, 0.15) is 0 Å². The van der Waals surface area contributed by atoms with E-state index in [-0.39, 0.29) is 5.56 Å². The first-order chi connectivity index (χ1) is 17.9. The van der Waals surface area contributed by atoms with Gasteiger partial charge >= 0.3 is 0 Å². The van der Waals surface area contributed by atoms with Gasteiger partial charge in [0.2, 0.25) is 17.2 Å². The molecule has 1 heterocycles. The average molecular weight is 554 g/mol. The number of aromatic nitrogens is 1. The van der Waals surface area contributed by atoms with Crippen LogP contribution in [0.5, 0.6) is 28.7 Å². The third kappa shape index (κ3) is 3.47. The summed E-state index contributed by atoms with van der Waals surface area (Å²) in [6, 6.07) is 29.4. The minimum absolute atomic E-state index is 0.187. The molecule has 6 rings (SSSR count). The molecule has 0 atom stereocenters. The lowest BCUT2D eigenvalue weighted by atomic mass is 10.00. The van der Waals surface area contributed by atoms with Crippen molar-refractivity contribution < 1.29 is 25.5 Å². The van der Waals surface area contributed by atoms with Gasteiger partial charge in [-0.2, -0.15) is 0 Å². The zero-order valence-corrected chi connectivity index (χ0v) is 20.8. The Kier molecular flexibility index (Phi) is 5.24. The molecular formula is C30H20BrNO5. The molecular weight excluding hydrogens is 534 g/mol. The molecule has 0 aliphatic carbocycles. The lowest BCUT2D eigenvalue weighted by molar-refractivity contribution is 0.330. The summed E-state index contributed by atoms with van der Waals surface area (Å²) in [5.41, 5.74) is 4.89. The Hall–Kier alpha value is -4.62. The fourth-order valence-corrected chi connectivity index (χ4v) is 5.38. The number of benzene rings is 5. The zero-order valence-electron chi connectivity index (χ0n) is 19.2. The summed E-state index contributed by atoms with van der Waals surface area (Å²) >= 11 is 3.64. The fourth-order valence-electron chi connectivity index (χ4n) is 4.87. The summed E-state index contributed by atoms with van der Waals surface area (Å²) in [4.78, 5) is 0. The Bertz CT molecular complexity index is 1830. The molecule has 0 saturated carbocycles. The van der Waals surface area contributed by atoms with E-state index in [1.165, 1.54) is 0 Å². The van der Waals surface area contributed by atoms with E-state index in [2.05, 4.69) is 26.6 Å². The van der Waals surface area contributed by atoms with Crippen LogP contribution in [0, 0.1) is 0 Å². The van der Waals surface area contributed by atoms with E-state index in [0.29, 0.717) is 5.56 Å². The molecule has 0 radical (unpaired) electrons. The number of aromatic hydroxyl groups is 5. The van der Waals surface area contributed by atoms with Crippen LogP contribution >= 0.6 is 15.9 Å². The summed E-state index contributed by atoms with van der Waals surface area (Å²) in [5.74, 6) is -4.27. The number of fused-ring (bicyclic) bond motifs is 3. The maximum Gasteiger partial charge on any atom is 0.208 e. The van der Waals surface area contributed by atoms with Gasteiger partial charge in [-0.1, -0.05) is 76.6 Å². The summed E-state index contributed by atoms with van der Waals surface area (Å²) in [5, 5.41) is 53.0. The van der Waals surface area contributed by atoms with Crippen molar-refractivity contribution in [2.24, 2.45) is 0 Å². The van der Waals surface area contributed by atoms with Gasteiger partial charge in [0.15, 0.2) is 11.5 Å². The van der Waals surface area contributed by atoms with Gasteiger partial charge in [-0.15, -0.1) is 0 Å². The third-order valence-electron chi connectivity index (χ3n) is 6.62. The molecule has 0 amide bonds. The summed E-state index contributed by atoms with van der Waals surface area (Å²) < 4.78 is 3.07. The Morgan fingerprint density at radius 3 is 1.92 bits per heavy atom. The first-order valence-corrected chi connectivity index (χ1v) is 12.2. The number of nitrogens with zero attached hydrogens (tertiary/aromatic N) is 1. The van der Waals surface area contributed by atoms with Crippen molar-refractivity contribution in [1.82, 2.24) is 4.57 Å². The Morgan fingerprint density at radius 1 is 0.514 bits per heavy atom. The number of rotatable bonds is 3. The van der Waals surface area contributed by atoms with Crippen LogP contribution in [-0.4, -0.2) is 30.1 Å². The van der Waals surface area contributed by atoms with Crippen LogP contribution in [0.2, 0.25) is 0 Å². The Balaban J connectivity index is 1.65. The second kappa shape index (κ2) is 8.50. The Labute approximate surface area is 219 Å². The molecule has 0 aliphatic rings. The molecule has 182 valence electrons. The van der Waals surface area contributed by atoms with Crippen molar-refractivity contribution in [2.75, 3.05) is 0 Å². The molecule has 1 aromatic heterocycles. The highest BCUT2D eigenvalue weighted by molar-refractivity contribution is 9.10. The van der Waals surface area contributed by atoms with E-state index in [9.17, 15) is 25.5 Å². The molecule has 5 N–H and O–H groups in total. The average Bonchev–Trinajstić information content (AvgIpc) is 3.25. The Morgan fingerprint density at radius 2 is 1.16 bits per heavy atom. The van der Waals surface area contributed by atoms with Crippen LogP contribution < -0.4 is 0 Å².